The van der Waals surface area contributed by atoms with Crippen molar-refractivity contribution < 1.29 is 30.0 Å². The maximum atomic E-state index is 13.6. The molecule has 196 valence electrons. The Hall–Kier alpha value is -3.93. The monoisotopic (exact) mass is 581 g/mol. The van der Waals surface area contributed by atoms with Crippen molar-refractivity contribution in [3.05, 3.63) is 60.2 Å². The Labute approximate surface area is 216 Å². The number of tetrazole rings is 1. The van der Waals surface area contributed by atoms with Crippen LogP contribution in [0.15, 0.2) is 69.3 Å². The number of hydrogen-bond acceptors (Lipinski definition) is 10. The first-order valence-corrected chi connectivity index (χ1v) is 14.1. The van der Waals surface area contributed by atoms with Gasteiger partial charge in [-0.05, 0) is 41.1 Å². The third kappa shape index (κ3) is 4.38. The van der Waals surface area contributed by atoms with Gasteiger partial charge in [-0.15, -0.1) is 10.2 Å². The molecule has 0 spiro atoms. The van der Waals surface area contributed by atoms with Gasteiger partial charge in [0.05, 0.1) is 31.1 Å². The fraction of sp³-hybridized carbons (Fsp3) is 0.0476. The van der Waals surface area contributed by atoms with Gasteiger partial charge in [0.2, 0.25) is 25.7 Å². The number of H-pyrrole nitrogens is 1. The van der Waals surface area contributed by atoms with Crippen molar-refractivity contribution in [2.24, 2.45) is 5.14 Å². The van der Waals surface area contributed by atoms with Gasteiger partial charge in [0.1, 0.15) is 4.90 Å². The number of sulfonamides is 1. The van der Waals surface area contributed by atoms with Crippen LogP contribution < -0.4 is 10.9 Å². The van der Waals surface area contributed by atoms with Gasteiger partial charge in [-0.2, -0.15) is 18.4 Å². The van der Waals surface area contributed by atoms with Crippen LogP contribution in [0.25, 0.3) is 32.7 Å². The van der Waals surface area contributed by atoms with Crippen LogP contribution in [0.3, 0.4) is 0 Å². The van der Waals surface area contributed by atoms with Crippen molar-refractivity contribution in [1.29, 1.82) is 0 Å². The lowest BCUT2D eigenvalue weighted by molar-refractivity contribution is -0.137. The number of rotatable bonds is 5. The number of fused-ring (bicyclic) bond motifs is 1. The second kappa shape index (κ2) is 8.83. The van der Waals surface area contributed by atoms with E-state index in [1.54, 1.807) is 18.2 Å². The van der Waals surface area contributed by atoms with E-state index in [0.717, 1.165) is 18.2 Å². The molecule has 0 aliphatic heterocycles. The molecule has 38 heavy (non-hydrogen) atoms. The van der Waals surface area contributed by atoms with Gasteiger partial charge in [0.25, 0.3) is 0 Å². The highest BCUT2D eigenvalue weighted by atomic mass is 32.2. The molecule has 0 fully saturated rings. The molecule has 3 aromatic carbocycles. The summed E-state index contributed by atoms with van der Waals surface area (Å²) in [6.07, 6.45) is -4.85. The van der Waals surface area contributed by atoms with Gasteiger partial charge in [0, 0.05) is 5.56 Å². The minimum atomic E-state index is -4.87. The molecule has 0 saturated carbocycles. The minimum absolute atomic E-state index is 0.120. The Kier molecular flexibility index (Phi) is 5.97. The number of nitrogen functional groups attached to an aromatic ring is 1. The van der Waals surface area contributed by atoms with Gasteiger partial charge in [-0.25, -0.2) is 27.0 Å². The number of aromatic nitrogens is 5. The number of hydrogen-bond donors (Lipinski definition) is 3. The van der Waals surface area contributed by atoms with Crippen LogP contribution in [0.4, 0.5) is 18.3 Å². The number of sulfone groups is 1. The van der Waals surface area contributed by atoms with Crippen molar-refractivity contribution in [3.63, 3.8) is 0 Å². The van der Waals surface area contributed by atoms with Crippen LogP contribution in [-0.2, 0) is 26.0 Å². The number of para-hydroxylation sites is 1. The summed E-state index contributed by atoms with van der Waals surface area (Å²) in [4.78, 5) is 1.70. The number of halogens is 3. The molecule has 2 heterocycles. The highest BCUT2D eigenvalue weighted by molar-refractivity contribution is 7.93. The molecular weight excluding hydrogens is 567 g/mol. The Morgan fingerprint density at radius 2 is 1.68 bits per heavy atom. The van der Waals surface area contributed by atoms with E-state index >= 15 is 0 Å². The summed E-state index contributed by atoms with van der Waals surface area (Å²) in [7, 11) is -9.73. The maximum absolute atomic E-state index is 13.6. The lowest BCUT2D eigenvalue weighted by atomic mass is 9.98. The van der Waals surface area contributed by atoms with E-state index in [-0.39, 0.29) is 22.1 Å². The maximum Gasteiger partial charge on any atom is 0.416 e. The number of aromatic amines is 1. The zero-order valence-corrected chi connectivity index (χ0v) is 21.1. The predicted octanol–water partition coefficient (Wildman–Crippen LogP) is 3.22. The van der Waals surface area contributed by atoms with Crippen LogP contribution >= 0.6 is 11.3 Å². The van der Waals surface area contributed by atoms with E-state index in [2.05, 4.69) is 25.6 Å². The fourth-order valence-electron chi connectivity index (χ4n) is 3.92. The van der Waals surface area contributed by atoms with Gasteiger partial charge < -0.3 is 5.73 Å². The molecule has 0 bridgehead atoms. The highest BCUT2D eigenvalue weighted by Crippen LogP contribution is 2.43. The normalized spacial score (nSPS) is 12.7. The summed E-state index contributed by atoms with van der Waals surface area (Å²) in [6.45, 7) is 0. The van der Waals surface area contributed by atoms with Crippen molar-refractivity contribution >= 4 is 46.5 Å². The summed E-state index contributed by atoms with van der Waals surface area (Å²) in [5.74, 6) is -0.328. The van der Waals surface area contributed by atoms with Crippen LogP contribution in [0, 0.1) is 0 Å². The highest BCUT2D eigenvalue weighted by Gasteiger charge is 2.36. The summed E-state index contributed by atoms with van der Waals surface area (Å²) in [5, 5.41) is 19.0. The molecule has 5 rings (SSSR count). The zero-order valence-electron chi connectivity index (χ0n) is 18.6. The smallest absolute Gasteiger partial charge is 0.375 e. The largest absolute Gasteiger partial charge is 0.416 e. The number of nitrogens with two attached hydrogens (primary N) is 2. The molecule has 17 heteroatoms. The average molecular weight is 582 g/mol. The molecule has 0 aliphatic carbocycles. The molecule has 0 unspecified atom stereocenters. The van der Waals surface area contributed by atoms with E-state index in [0.29, 0.717) is 27.9 Å². The SMILES string of the molecule is Nc1nc2c(-c3ccc(S(=O)(=O)c4cccc(C(F)(F)F)c4)c(S(N)(=O)=O)c3-c3nn[nH]n3)cccc2s1. The van der Waals surface area contributed by atoms with Crippen LogP contribution in [0.5, 0.6) is 0 Å². The molecule has 0 radical (unpaired) electrons. The first kappa shape index (κ1) is 25.7. The molecule has 0 amide bonds. The first-order chi connectivity index (χ1) is 17.8. The molecular formula is C21H14F3N7O4S3. The van der Waals surface area contributed by atoms with Gasteiger partial charge in [0.15, 0.2) is 5.13 Å². The van der Waals surface area contributed by atoms with Crippen molar-refractivity contribution in [2.45, 2.75) is 20.9 Å². The zero-order chi connectivity index (χ0) is 27.5. The number of thiazole rings is 1. The second-order valence-electron chi connectivity index (χ2n) is 7.83. The third-order valence-corrected chi connectivity index (χ3v) is 9.23. The van der Waals surface area contributed by atoms with Crippen LogP contribution in [-0.4, -0.2) is 42.4 Å². The van der Waals surface area contributed by atoms with E-state index in [1.807, 2.05) is 0 Å². The third-order valence-electron chi connectivity index (χ3n) is 5.46. The van der Waals surface area contributed by atoms with E-state index in [4.69, 9.17) is 10.9 Å². The van der Waals surface area contributed by atoms with Crippen molar-refractivity contribution in [3.8, 4) is 22.5 Å². The Bertz CT molecular complexity index is 1920. The second-order valence-corrected chi connectivity index (χ2v) is 12.3. The number of alkyl halides is 3. The molecule has 0 atom stereocenters. The topological polar surface area (TPSA) is 188 Å². The van der Waals surface area contributed by atoms with E-state index in [1.165, 1.54) is 17.4 Å². The Balaban J connectivity index is 1.88. The first-order valence-electron chi connectivity index (χ1n) is 10.3. The predicted molar refractivity (Wildman–Crippen MR) is 131 cm³/mol. The van der Waals surface area contributed by atoms with E-state index in [9.17, 15) is 30.0 Å². The summed E-state index contributed by atoms with van der Waals surface area (Å²) < 4.78 is 93.6. The van der Waals surface area contributed by atoms with Crippen LogP contribution in [0.1, 0.15) is 5.56 Å². The molecule has 2 aromatic heterocycles. The fourth-order valence-corrected chi connectivity index (χ4v) is 7.58. The standard InChI is InChI=1S/C21H14F3N7O4S3/c22-21(23,24)10-3-1-4-11(9-10)37(32,33)15-8-7-12(13-5-2-6-14-17(13)27-20(25)36-14)16(18(15)38(26,34)35)19-28-30-31-29-19/h1-9H,(H2,25,27)(H2,26,34,35)(H,28,29,30,31). The summed E-state index contributed by atoms with van der Waals surface area (Å²) in [5.41, 5.74) is 5.13. The lowest BCUT2D eigenvalue weighted by Gasteiger charge is -2.17. The number of nitrogens with zero attached hydrogens (tertiary/aromatic N) is 4. The minimum Gasteiger partial charge on any atom is -0.375 e. The van der Waals surface area contributed by atoms with Gasteiger partial charge in [-0.1, -0.05) is 35.6 Å². The van der Waals surface area contributed by atoms with Crippen molar-refractivity contribution in [1.82, 2.24) is 25.6 Å². The molecule has 11 nitrogen and oxygen atoms in total. The number of anilines is 1. The Morgan fingerprint density at radius 1 is 0.947 bits per heavy atom. The quantitative estimate of drug-likeness (QED) is 0.280. The molecule has 5 aromatic rings. The average Bonchev–Trinajstić information content (AvgIpc) is 3.51. The Morgan fingerprint density at radius 3 is 2.34 bits per heavy atom. The molecule has 0 aliphatic rings. The van der Waals surface area contributed by atoms with Crippen molar-refractivity contribution in [2.75, 3.05) is 5.73 Å². The number of nitrogens with one attached hydrogen (secondary N) is 1. The summed E-state index contributed by atoms with van der Waals surface area (Å²) >= 11 is 1.17. The lowest BCUT2D eigenvalue weighted by Crippen LogP contribution is -2.19. The summed E-state index contributed by atoms with van der Waals surface area (Å²) in [6, 6.07) is 10.1. The molecule has 0 saturated heterocycles. The van der Waals surface area contributed by atoms with Gasteiger partial charge >= 0.3 is 6.18 Å². The van der Waals surface area contributed by atoms with Gasteiger partial charge in [-0.3, -0.25) is 0 Å². The number of primary sulfonamides is 1. The van der Waals surface area contributed by atoms with Crippen LogP contribution in [0.2, 0.25) is 0 Å². The molecule has 5 N–H and O–H groups in total. The van der Waals surface area contributed by atoms with E-state index < -0.39 is 46.3 Å². The number of benzene rings is 3.